The summed E-state index contributed by atoms with van der Waals surface area (Å²) in [6.45, 7) is 2.47. The van der Waals surface area contributed by atoms with Crippen LogP contribution in [0.25, 0.3) is 27.7 Å². The number of nitrogens with zero attached hydrogens (tertiary/aromatic N) is 4. The van der Waals surface area contributed by atoms with Crippen LogP contribution in [0.3, 0.4) is 0 Å². The number of fused-ring (bicyclic) bond motifs is 1. The highest BCUT2D eigenvalue weighted by atomic mass is 32.2. The van der Waals surface area contributed by atoms with Crippen LogP contribution in [-0.2, 0) is 11.3 Å². The van der Waals surface area contributed by atoms with Gasteiger partial charge in [0, 0.05) is 24.3 Å². The lowest BCUT2D eigenvalue weighted by molar-refractivity contribution is -0.131. The second-order valence-electron chi connectivity index (χ2n) is 7.77. The van der Waals surface area contributed by atoms with E-state index in [1.807, 2.05) is 47.9 Å². The average molecular weight is 567 g/mol. The van der Waals surface area contributed by atoms with Gasteiger partial charge in [-0.15, -0.1) is 21.5 Å². The Morgan fingerprint density at radius 2 is 1.87 bits per heavy atom. The highest BCUT2D eigenvalue weighted by Gasteiger charge is 2.20. The van der Waals surface area contributed by atoms with Gasteiger partial charge in [-0.25, -0.2) is 9.78 Å². The van der Waals surface area contributed by atoms with Crippen molar-refractivity contribution in [3.8, 4) is 22.9 Å². The third kappa shape index (κ3) is 5.57. The molecule has 0 unspecified atom stereocenters. The van der Waals surface area contributed by atoms with Crippen molar-refractivity contribution in [1.29, 1.82) is 0 Å². The standard InChI is InChI=1S/C26H22N4O5S3/c1-4-30-23(15-11-17(33-2)13-18(12-15)34-3)28-29-25(30)36-21(24(31)32)14-16-9-10-22(35-16)38-26-27-19-7-5-6-8-20(19)37-26/h5-14H,4H2,1-3H3,(H,31,32)/b21-14-. The van der Waals surface area contributed by atoms with E-state index in [-0.39, 0.29) is 4.91 Å². The molecule has 0 amide bonds. The Morgan fingerprint density at radius 3 is 2.55 bits per heavy atom. The highest BCUT2D eigenvalue weighted by Crippen LogP contribution is 2.37. The second-order valence-corrected chi connectivity index (χ2v) is 11.1. The van der Waals surface area contributed by atoms with Crippen LogP contribution in [0.5, 0.6) is 11.5 Å². The molecule has 0 saturated heterocycles. The van der Waals surface area contributed by atoms with Gasteiger partial charge in [0.15, 0.2) is 20.4 Å². The van der Waals surface area contributed by atoms with Crippen molar-refractivity contribution in [2.24, 2.45) is 0 Å². The number of para-hydroxylation sites is 1. The number of rotatable bonds is 10. The Hall–Kier alpha value is -3.74. The Balaban J connectivity index is 1.39. The fourth-order valence-corrected chi connectivity index (χ4v) is 6.45. The van der Waals surface area contributed by atoms with E-state index < -0.39 is 5.97 Å². The fourth-order valence-electron chi connectivity index (χ4n) is 3.61. The first-order valence-corrected chi connectivity index (χ1v) is 13.8. The van der Waals surface area contributed by atoms with E-state index in [2.05, 4.69) is 15.2 Å². The molecule has 0 aliphatic rings. The van der Waals surface area contributed by atoms with Gasteiger partial charge in [0.1, 0.15) is 22.2 Å². The van der Waals surface area contributed by atoms with Crippen molar-refractivity contribution in [2.75, 3.05) is 14.2 Å². The molecule has 194 valence electrons. The summed E-state index contributed by atoms with van der Waals surface area (Å²) in [7, 11) is 3.15. The van der Waals surface area contributed by atoms with Crippen molar-refractivity contribution in [1.82, 2.24) is 19.7 Å². The largest absolute Gasteiger partial charge is 0.497 e. The van der Waals surface area contributed by atoms with E-state index in [4.69, 9.17) is 13.9 Å². The zero-order valence-corrected chi connectivity index (χ0v) is 23.0. The molecule has 5 aromatic rings. The van der Waals surface area contributed by atoms with Gasteiger partial charge < -0.3 is 23.6 Å². The first kappa shape index (κ1) is 25.9. The van der Waals surface area contributed by atoms with Gasteiger partial charge in [0.25, 0.3) is 0 Å². The summed E-state index contributed by atoms with van der Waals surface area (Å²) >= 11 is 3.98. The molecule has 0 fully saturated rings. The smallest absolute Gasteiger partial charge is 0.342 e. The third-order valence-corrected chi connectivity index (χ3v) is 8.41. The number of carboxylic acid groups (broad SMARTS) is 1. The summed E-state index contributed by atoms with van der Waals surface area (Å²) in [5.74, 6) is 1.12. The molecule has 38 heavy (non-hydrogen) atoms. The van der Waals surface area contributed by atoms with Gasteiger partial charge in [-0.3, -0.25) is 0 Å². The number of hydrogen-bond acceptors (Lipinski definition) is 10. The number of aliphatic carboxylic acids is 1. The van der Waals surface area contributed by atoms with Crippen molar-refractivity contribution in [3.63, 3.8) is 0 Å². The molecular formula is C26H22N4O5S3. The molecule has 0 aliphatic heterocycles. The quantitative estimate of drug-likeness (QED) is 0.147. The number of ether oxygens (including phenoxy) is 2. The summed E-state index contributed by atoms with van der Waals surface area (Å²) in [5.41, 5.74) is 1.67. The van der Waals surface area contributed by atoms with Gasteiger partial charge >= 0.3 is 5.97 Å². The van der Waals surface area contributed by atoms with Crippen LogP contribution < -0.4 is 9.47 Å². The SMILES string of the molecule is CCn1c(S/C(=C\c2ccc(Sc3nc4ccccc4s3)o2)C(=O)O)nnc1-c1cc(OC)cc(OC)c1. The monoisotopic (exact) mass is 566 g/mol. The summed E-state index contributed by atoms with van der Waals surface area (Å²) in [6, 6.07) is 16.9. The Bertz CT molecular complexity index is 1580. The van der Waals surface area contributed by atoms with Gasteiger partial charge in [0.2, 0.25) is 0 Å². The molecule has 2 aromatic carbocycles. The van der Waals surface area contributed by atoms with Crippen LogP contribution in [0.4, 0.5) is 0 Å². The topological polar surface area (TPSA) is 113 Å². The first-order chi connectivity index (χ1) is 18.5. The van der Waals surface area contributed by atoms with Gasteiger partial charge in [0.05, 0.1) is 24.4 Å². The maximum absolute atomic E-state index is 12.1. The van der Waals surface area contributed by atoms with Crippen molar-refractivity contribution in [3.05, 3.63) is 65.3 Å². The normalized spacial score (nSPS) is 11.7. The maximum atomic E-state index is 12.1. The van der Waals surface area contributed by atoms with E-state index in [9.17, 15) is 9.90 Å². The number of carbonyl (C=O) groups is 1. The van der Waals surface area contributed by atoms with Crippen LogP contribution in [0.15, 0.2) is 78.5 Å². The lowest BCUT2D eigenvalue weighted by Crippen LogP contribution is -2.03. The number of methoxy groups -OCH3 is 2. The number of furan rings is 1. The minimum atomic E-state index is -1.10. The minimum Gasteiger partial charge on any atom is -0.497 e. The van der Waals surface area contributed by atoms with Crippen molar-refractivity contribution in [2.45, 2.75) is 28.1 Å². The zero-order valence-electron chi connectivity index (χ0n) is 20.6. The molecule has 3 aromatic heterocycles. The summed E-state index contributed by atoms with van der Waals surface area (Å²) in [4.78, 5) is 16.8. The fraction of sp³-hybridized carbons (Fsp3) is 0.154. The predicted octanol–water partition coefficient (Wildman–Crippen LogP) is 6.55. The molecule has 0 atom stereocenters. The van der Waals surface area contributed by atoms with Crippen LogP contribution >= 0.6 is 34.9 Å². The molecule has 0 spiro atoms. The Morgan fingerprint density at radius 1 is 1.11 bits per heavy atom. The number of thioether (sulfide) groups is 1. The molecule has 0 aliphatic carbocycles. The molecule has 3 heterocycles. The van der Waals surface area contributed by atoms with Crippen molar-refractivity contribution >= 4 is 57.1 Å². The lowest BCUT2D eigenvalue weighted by Gasteiger charge is -2.10. The second kappa shape index (κ2) is 11.3. The molecule has 0 bridgehead atoms. The molecule has 0 radical (unpaired) electrons. The van der Waals surface area contributed by atoms with Crippen LogP contribution in [0, 0.1) is 0 Å². The number of carboxylic acids is 1. The van der Waals surface area contributed by atoms with E-state index >= 15 is 0 Å². The third-order valence-electron chi connectivity index (χ3n) is 5.39. The Labute approximate surface area is 230 Å². The van der Waals surface area contributed by atoms with E-state index in [0.717, 1.165) is 31.9 Å². The number of benzene rings is 2. The summed E-state index contributed by atoms with van der Waals surface area (Å²) < 4.78 is 20.4. The van der Waals surface area contributed by atoms with Crippen molar-refractivity contribution < 1.29 is 23.8 Å². The van der Waals surface area contributed by atoms with Crippen LogP contribution in [0.2, 0.25) is 0 Å². The van der Waals surface area contributed by atoms with E-state index in [0.29, 0.717) is 39.9 Å². The number of aromatic nitrogens is 4. The molecule has 5 rings (SSSR count). The molecule has 9 nitrogen and oxygen atoms in total. The lowest BCUT2D eigenvalue weighted by atomic mass is 10.2. The van der Waals surface area contributed by atoms with Gasteiger partial charge in [-0.05, 0) is 66.8 Å². The predicted molar refractivity (Wildman–Crippen MR) is 148 cm³/mol. The highest BCUT2D eigenvalue weighted by molar-refractivity contribution is 8.04. The van der Waals surface area contributed by atoms with Crippen LogP contribution in [-0.4, -0.2) is 45.0 Å². The van der Waals surface area contributed by atoms with E-state index in [1.54, 1.807) is 43.8 Å². The maximum Gasteiger partial charge on any atom is 0.342 e. The molecule has 0 saturated carbocycles. The molecule has 12 heteroatoms. The summed E-state index contributed by atoms with van der Waals surface area (Å²) in [5, 5.41) is 19.6. The van der Waals surface area contributed by atoms with Gasteiger partial charge in [-0.1, -0.05) is 12.1 Å². The van der Waals surface area contributed by atoms with E-state index in [1.165, 1.54) is 17.8 Å². The summed E-state index contributed by atoms with van der Waals surface area (Å²) in [6.07, 6.45) is 1.48. The molecule has 1 N–H and O–H groups in total. The minimum absolute atomic E-state index is 0.0489. The Kier molecular flexibility index (Phi) is 7.72. The van der Waals surface area contributed by atoms with Crippen LogP contribution in [0.1, 0.15) is 12.7 Å². The average Bonchev–Trinajstić information content (AvgIpc) is 3.65. The number of hydrogen-bond donors (Lipinski definition) is 1. The first-order valence-electron chi connectivity index (χ1n) is 11.4. The number of thiazole rings is 1. The zero-order chi connectivity index (χ0) is 26.6. The molecular weight excluding hydrogens is 545 g/mol. The van der Waals surface area contributed by atoms with Gasteiger partial charge in [-0.2, -0.15) is 0 Å².